The van der Waals surface area contributed by atoms with E-state index >= 15 is 0 Å². The summed E-state index contributed by atoms with van der Waals surface area (Å²) in [4.78, 5) is 25.8. The number of thiazole rings is 1. The zero-order valence-electron chi connectivity index (χ0n) is 22.8. The van der Waals surface area contributed by atoms with E-state index in [0.717, 1.165) is 24.8 Å². The number of fused-ring (bicyclic) bond motifs is 1. The summed E-state index contributed by atoms with van der Waals surface area (Å²) in [5.41, 5.74) is 1.53. The van der Waals surface area contributed by atoms with Crippen LogP contribution in [0.4, 0.5) is 5.13 Å². The lowest BCUT2D eigenvalue weighted by molar-refractivity contribution is -0.118. The van der Waals surface area contributed by atoms with Gasteiger partial charge < -0.3 is 15.0 Å². The van der Waals surface area contributed by atoms with Gasteiger partial charge in [0.05, 0.1) is 16.9 Å². The third-order valence-electron chi connectivity index (χ3n) is 7.56. The Kier molecular flexibility index (Phi) is 8.51. The van der Waals surface area contributed by atoms with Crippen molar-refractivity contribution in [1.29, 1.82) is 0 Å². The molecule has 3 aromatic rings. The lowest BCUT2D eigenvalue weighted by Crippen LogP contribution is -2.47. The van der Waals surface area contributed by atoms with Gasteiger partial charge in [0.15, 0.2) is 5.13 Å². The van der Waals surface area contributed by atoms with E-state index in [0.29, 0.717) is 53.5 Å². The summed E-state index contributed by atoms with van der Waals surface area (Å²) in [5, 5.41) is 3.52. The molecule has 1 atom stereocenters. The predicted molar refractivity (Wildman–Crippen MR) is 154 cm³/mol. The zero-order valence-corrected chi connectivity index (χ0v) is 24.4. The molecule has 5 rings (SSSR count). The quantitative estimate of drug-likeness (QED) is 0.396. The van der Waals surface area contributed by atoms with Crippen molar-refractivity contribution in [2.24, 2.45) is 5.92 Å². The number of aromatic nitrogens is 2. The molecule has 1 aliphatic heterocycles. The van der Waals surface area contributed by atoms with Crippen molar-refractivity contribution < 1.29 is 17.9 Å². The second-order valence-corrected chi connectivity index (χ2v) is 13.8. The van der Waals surface area contributed by atoms with Gasteiger partial charge in [-0.3, -0.25) is 4.79 Å². The van der Waals surface area contributed by atoms with E-state index in [1.807, 2.05) is 27.0 Å². The van der Waals surface area contributed by atoms with Crippen molar-refractivity contribution in [1.82, 2.24) is 19.2 Å². The van der Waals surface area contributed by atoms with E-state index in [-0.39, 0.29) is 16.9 Å². The van der Waals surface area contributed by atoms with Crippen LogP contribution in [0.15, 0.2) is 41.3 Å². The molecule has 2 aromatic heterocycles. The van der Waals surface area contributed by atoms with Gasteiger partial charge in [0, 0.05) is 32.2 Å². The number of rotatable bonds is 9. The zero-order chi connectivity index (χ0) is 27.6. The Bertz CT molecular complexity index is 1390. The minimum atomic E-state index is -3.56. The summed E-state index contributed by atoms with van der Waals surface area (Å²) in [6.45, 7) is 6.29. The van der Waals surface area contributed by atoms with E-state index in [4.69, 9.17) is 4.74 Å². The molecule has 0 bridgehead atoms. The van der Waals surface area contributed by atoms with E-state index in [9.17, 15) is 13.2 Å². The Hall–Kier alpha value is -2.60. The second-order valence-electron chi connectivity index (χ2n) is 10.9. The summed E-state index contributed by atoms with van der Waals surface area (Å²) in [6, 6.07) is 10.5. The fourth-order valence-corrected chi connectivity index (χ4v) is 7.63. The van der Waals surface area contributed by atoms with Crippen LogP contribution in [0.5, 0.6) is 5.88 Å². The first-order valence-electron chi connectivity index (χ1n) is 13.7. The highest BCUT2D eigenvalue weighted by molar-refractivity contribution is 7.89. The van der Waals surface area contributed by atoms with Gasteiger partial charge >= 0.3 is 0 Å². The lowest BCUT2D eigenvalue weighted by atomic mass is 9.87. The van der Waals surface area contributed by atoms with Gasteiger partial charge in [0.25, 0.3) is 0 Å². The topological polar surface area (TPSA) is 105 Å². The van der Waals surface area contributed by atoms with Gasteiger partial charge in [0.1, 0.15) is 10.3 Å². The van der Waals surface area contributed by atoms with E-state index in [2.05, 4.69) is 20.2 Å². The Morgan fingerprint density at radius 1 is 1.05 bits per heavy atom. The monoisotopic (exact) mass is 571 g/mol. The molecule has 3 heterocycles. The number of nitrogens with one attached hydrogen (secondary N) is 1. The third kappa shape index (κ3) is 6.59. The van der Waals surface area contributed by atoms with Crippen molar-refractivity contribution in [2.45, 2.75) is 62.9 Å². The molecule has 39 heavy (non-hydrogen) atoms. The standard InChI is InChI=1S/C28H37N5O4S2/c1-19(2)37-25-13-12-24-27(30-25)38-28(29-24)31-26(34)23(18-20-6-4-5-7-20)21-8-10-22(11-9-21)39(35,36)33-16-14-32(3)15-17-33/h8-13,19-20,23H,4-7,14-18H2,1-3H3,(H,29,31,34)/t23-/m1/s1. The molecule has 1 aromatic carbocycles. The molecule has 1 N–H and O–H groups in total. The van der Waals surface area contributed by atoms with Gasteiger partial charge in [-0.1, -0.05) is 49.2 Å². The highest BCUT2D eigenvalue weighted by atomic mass is 32.2. The molecule has 0 unspecified atom stereocenters. The van der Waals surface area contributed by atoms with Crippen LogP contribution in [-0.2, 0) is 14.8 Å². The second kappa shape index (κ2) is 11.9. The smallest absolute Gasteiger partial charge is 0.243 e. The maximum atomic E-state index is 13.6. The van der Waals surface area contributed by atoms with Crippen LogP contribution in [0, 0.1) is 5.92 Å². The molecule has 1 saturated heterocycles. The molecule has 2 aliphatic rings. The molecular formula is C28H37N5O4S2. The highest BCUT2D eigenvalue weighted by Crippen LogP contribution is 2.36. The molecule has 0 spiro atoms. The molecule has 210 valence electrons. The molecule has 1 aliphatic carbocycles. The van der Waals surface area contributed by atoms with Crippen LogP contribution in [0.3, 0.4) is 0 Å². The first kappa shape index (κ1) is 27.9. The number of hydrogen-bond donors (Lipinski definition) is 1. The summed E-state index contributed by atoms with van der Waals surface area (Å²) >= 11 is 1.32. The number of amides is 1. The Morgan fingerprint density at radius 3 is 2.41 bits per heavy atom. The van der Waals surface area contributed by atoms with Crippen molar-refractivity contribution in [3.05, 3.63) is 42.0 Å². The molecule has 2 fully saturated rings. The number of piperazine rings is 1. The average Bonchev–Trinajstić information content (AvgIpc) is 3.56. The molecular weight excluding hydrogens is 534 g/mol. The van der Waals surface area contributed by atoms with Crippen LogP contribution < -0.4 is 10.1 Å². The molecule has 0 radical (unpaired) electrons. The number of carbonyl (C=O) groups is 1. The van der Waals surface area contributed by atoms with Crippen LogP contribution in [0.25, 0.3) is 10.3 Å². The van der Waals surface area contributed by atoms with Gasteiger partial charge in [0.2, 0.25) is 21.8 Å². The fraction of sp³-hybridized carbons (Fsp3) is 0.536. The van der Waals surface area contributed by atoms with Crippen molar-refractivity contribution in [3.63, 3.8) is 0 Å². The number of hydrogen-bond acceptors (Lipinski definition) is 8. The molecule has 9 nitrogen and oxygen atoms in total. The van der Waals surface area contributed by atoms with E-state index < -0.39 is 15.9 Å². The van der Waals surface area contributed by atoms with Crippen molar-refractivity contribution >= 4 is 42.7 Å². The number of anilines is 1. The number of benzene rings is 1. The Morgan fingerprint density at radius 2 is 1.74 bits per heavy atom. The van der Waals surface area contributed by atoms with Gasteiger partial charge in [-0.05, 0) is 57.0 Å². The molecule has 1 saturated carbocycles. The Labute approximate surface area is 234 Å². The maximum Gasteiger partial charge on any atom is 0.243 e. The first-order chi connectivity index (χ1) is 18.7. The number of carbonyl (C=O) groups excluding carboxylic acids is 1. The SMILES string of the molecule is CC(C)Oc1ccc2nc(NC(=O)[C@H](CC3CCCC3)c3ccc(S(=O)(=O)N4CCN(C)CC4)cc3)sc2n1. The van der Waals surface area contributed by atoms with Crippen molar-refractivity contribution in [3.8, 4) is 5.88 Å². The van der Waals surface area contributed by atoms with Crippen LogP contribution in [0.1, 0.15) is 57.4 Å². The lowest BCUT2D eigenvalue weighted by Gasteiger charge is -2.31. The van der Waals surface area contributed by atoms with Crippen molar-refractivity contribution in [2.75, 3.05) is 38.5 Å². The van der Waals surface area contributed by atoms with E-state index in [1.54, 1.807) is 34.6 Å². The van der Waals surface area contributed by atoms with Gasteiger partial charge in [-0.2, -0.15) is 4.31 Å². The minimum absolute atomic E-state index is 0.0151. The first-order valence-corrected chi connectivity index (χ1v) is 16.0. The third-order valence-corrected chi connectivity index (χ3v) is 10.4. The van der Waals surface area contributed by atoms with Crippen LogP contribution >= 0.6 is 11.3 Å². The minimum Gasteiger partial charge on any atom is -0.475 e. The molecule has 11 heteroatoms. The largest absolute Gasteiger partial charge is 0.475 e. The van der Waals surface area contributed by atoms with Crippen LogP contribution in [0.2, 0.25) is 0 Å². The predicted octanol–water partition coefficient (Wildman–Crippen LogP) is 4.72. The fourth-order valence-electron chi connectivity index (χ4n) is 5.38. The summed E-state index contributed by atoms with van der Waals surface area (Å²) < 4.78 is 33.6. The normalized spacial score (nSPS) is 18.6. The highest BCUT2D eigenvalue weighted by Gasteiger charge is 2.30. The van der Waals surface area contributed by atoms with Gasteiger partial charge in [-0.25, -0.2) is 18.4 Å². The number of pyridine rings is 1. The number of sulfonamides is 1. The number of likely N-dealkylation sites (N-methyl/N-ethyl adjacent to an activating group) is 1. The molecule has 1 amide bonds. The summed E-state index contributed by atoms with van der Waals surface area (Å²) in [5.74, 6) is 0.481. The number of nitrogens with zero attached hydrogens (tertiary/aromatic N) is 4. The number of ether oxygens (including phenoxy) is 1. The summed E-state index contributed by atoms with van der Waals surface area (Å²) in [7, 11) is -1.57. The van der Waals surface area contributed by atoms with Crippen LogP contribution in [-0.4, -0.2) is 72.8 Å². The summed E-state index contributed by atoms with van der Waals surface area (Å²) in [6.07, 6.45) is 5.34. The van der Waals surface area contributed by atoms with E-state index in [1.165, 1.54) is 24.2 Å². The Balaban J connectivity index is 1.35. The van der Waals surface area contributed by atoms with Gasteiger partial charge in [-0.15, -0.1) is 0 Å². The maximum absolute atomic E-state index is 13.6. The average molecular weight is 572 g/mol.